The fourth-order valence-electron chi connectivity index (χ4n) is 2.81. The van der Waals surface area contributed by atoms with Crippen molar-refractivity contribution in [1.29, 1.82) is 5.26 Å². The molecule has 138 valence electrons. The van der Waals surface area contributed by atoms with E-state index in [1.165, 1.54) is 27.7 Å². The van der Waals surface area contributed by atoms with Crippen LogP contribution < -0.4 is 0 Å². The number of aromatic nitrogens is 3. The van der Waals surface area contributed by atoms with Gasteiger partial charge in [0.05, 0.1) is 18.7 Å². The molecule has 0 unspecified atom stereocenters. The second-order valence-electron chi connectivity index (χ2n) is 6.23. The molecule has 3 rings (SSSR count). The molecule has 0 spiro atoms. The molecule has 27 heavy (non-hydrogen) atoms. The van der Waals surface area contributed by atoms with Crippen molar-refractivity contribution in [2.24, 2.45) is 0 Å². The van der Waals surface area contributed by atoms with Crippen LogP contribution in [0.4, 0.5) is 4.39 Å². The molecule has 1 aromatic carbocycles. The molecule has 2 heterocycles. The number of rotatable bonds is 5. The molecule has 0 aliphatic heterocycles. The number of halogens is 1. The minimum atomic E-state index is -0.330. The minimum absolute atomic E-state index is 0.111. The maximum atomic E-state index is 13.1. The van der Waals surface area contributed by atoms with Gasteiger partial charge in [0.15, 0.2) is 5.65 Å². The van der Waals surface area contributed by atoms with Crippen LogP contribution in [0.5, 0.6) is 5.88 Å². The first-order valence-corrected chi connectivity index (χ1v) is 8.35. The van der Waals surface area contributed by atoms with Gasteiger partial charge in [-0.05, 0) is 24.6 Å². The molecular formula is C19H18FN5O2. The van der Waals surface area contributed by atoms with E-state index in [1.807, 2.05) is 6.07 Å². The molecule has 3 aromatic rings. The quantitative estimate of drug-likeness (QED) is 0.747. The van der Waals surface area contributed by atoms with E-state index in [-0.39, 0.29) is 35.2 Å². The lowest BCUT2D eigenvalue weighted by Crippen LogP contribution is -2.27. The average molecular weight is 367 g/mol. The van der Waals surface area contributed by atoms with Crippen LogP contribution in [-0.4, -0.2) is 44.1 Å². The molecule has 1 amide bonds. The number of fused-ring (bicyclic) bond motifs is 1. The number of carbonyl (C=O) groups is 1. The molecule has 0 saturated heterocycles. The molecule has 7 nitrogen and oxygen atoms in total. The van der Waals surface area contributed by atoms with Crippen LogP contribution in [0.15, 0.2) is 30.5 Å². The molecule has 0 aliphatic carbocycles. The molecule has 0 radical (unpaired) electrons. The Morgan fingerprint density at radius 3 is 2.74 bits per heavy atom. The smallest absolute Gasteiger partial charge is 0.259 e. The maximum Gasteiger partial charge on any atom is 0.259 e. The first kappa shape index (κ1) is 18.3. The summed E-state index contributed by atoms with van der Waals surface area (Å²) in [6.07, 6.45) is 1.93. The summed E-state index contributed by atoms with van der Waals surface area (Å²) < 4.78 is 14.3. The number of aryl methyl sites for hydroxylation is 1. The van der Waals surface area contributed by atoms with Crippen molar-refractivity contribution in [2.45, 2.75) is 19.8 Å². The predicted octanol–water partition coefficient (Wildman–Crippen LogP) is 2.46. The second-order valence-corrected chi connectivity index (χ2v) is 6.23. The Labute approximate surface area is 155 Å². The van der Waals surface area contributed by atoms with E-state index in [0.717, 1.165) is 5.56 Å². The van der Waals surface area contributed by atoms with Crippen LogP contribution in [0.3, 0.4) is 0 Å². The third-order valence-electron chi connectivity index (χ3n) is 4.35. The third kappa shape index (κ3) is 3.58. The number of nitrogens with zero attached hydrogens (tertiary/aromatic N) is 5. The van der Waals surface area contributed by atoms with Crippen LogP contribution in [0, 0.1) is 24.1 Å². The van der Waals surface area contributed by atoms with Crippen molar-refractivity contribution in [3.63, 3.8) is 0 Å². The molecular weight excluding hydrogens is 349 g/mol. The monoisotopic (exact) mass is 367 g/mol. The molecule has 0 bridgehead atoms. The largest absolute Gasteiger partial charge is 0.493 e. The molecule has 2 aromatic heterocycles. The number of nitriles is 1. The number of hydrogen-bond donors (Lipinski definition) is 1. The lowest BCUT2D eigenvalue weighted by atomic mass is 10.0. The number of aromatic hydroxyl groups is 1. The second kappa shape index (κ2) is 7.41. The lowest BCUT2D eigenvalue weighted by molar-refractivity contribution is 0.0799. The van der Waals surface area contributed by atoms with E-state index in [4.69, 9.17) is 5.26 Å². The van der Waals surface area contributed by atoms with Gasteiger partial charge in [0, 0.05) is 31.3 Å². The normalized spacial score (nSPS) is 10.7. The summed E-state index contributed by atoms with van der Waals surface area (Å²) in [6, 6.07) is 7.99. The zero-order chi connectivity index (χ0) is 19.6. The molecule has 0 aliphatic rings. The van der Waals surface area contributed by atoms with Gasteiger partial charge in [0.25, 0.3) is 5.91 Å². The lowest BCUT2D eigenvalue weighted by Gasteiger charge is -2.15. The van der Waals surface area contributed by atoms with E-state index >= 15 is 0 Å². The molecule has 1 N–H and O–H groups in total. The summed E-state index contributed by atoms with van der Waals surface area (Å²) in [5, 5.41) is 23.4. The SMILES string of the molecule is Cc1nc2c(C(=O)N(C)CCC#N)cnn2c(O)c1Cc1ccc(F)cc1. The Bertz CT molecular complexity index is 1040. The highest BCUT2D eigenvalue weighted by Crippen LogP contribution is 2.26. The topological polar surface area (TPSA) is 94.5 Å². The number of amides is 1. The first-order chi connectivity index (χ1) is 12.9. The van der Waals surface area contributed by atoms with Gasteiger partial charge in [-0.25, -0.2) is 9.37 Å². The van der Waals surface area contributed by atoms with Gasteiger partial charge in [-0.1, -0.05) is 12.1 Å². The van der Waals surface area contributed by atoms with Gasteiger partial charge in [-0.15, -0.1) is 0 Å². The summed E-state index contributed by atoms with van der Waals surface area (Å²) in [7, 11) is 1.60. The van der Waals surface area contributed by atoms with Gasteiger partial charge >= 0.3 is 0 Å². The zero-order valence-corrected chi connectivity index (χ0v) is 15.0. The highest BCUT2D eigenvalue weighted by Gasteiger charge is 2.22. The van der Waals surface area contributed by atoms with Gasteiger partial charge in [0.1, 0.15) is 11.4 Å². The van der Waals surface area contributed by atoms with Crippen LogP contribution in [0.25, 0.3) is 5.65 Å². The zero-order valence-electron chi connectivity index (χ0n) is 15.0. The van der Waals surface area contributed by atoms with Crippen molar-refractivity contribution in [3.8, 4) is 11.9 Å². The van der Waals surface area contributed by atoms with Crippen molar-refractivity contribution in [1.82, 2.24) is 19.5 Å². The third-order valence-corrected chi connectivity index (χ3v) is 4.35. The summed E-state index contributed by atoms with van der Waals surface area (Å²) >= 11 is 0. The van der Waals surface area contributed by atoms with Gasteiger partial charge < -0.3 is 10.0 Å². The van der Waals surface area contributed by atoms with E-state index in [9.17, 15) is 14.3 Å². The Morgan fingerprint density at radius 1 is 1.37 bits per heavy atom. The highest BCUT2D eigenvalue weighted by molar-refractivity contribution is 5.99. The van der Waals surface area contributed by atoms with E-state index in [2.05, 4.69) is 10.1 Å². The predicted molar refractivity (Wildman–Crippen MR) is 95.8 cm³/mol. The molecule has 0 fully saturated rings. The Kier molecular flexibility index (Phi) is 5.03. The number of carbonyl (C=O) groups excluding carboxylic acids is 1. The summed E-state index contributed by atoms with van der Waals surface area (Å²) in [4.78, 5) is 18.4. The molecule has 8 heteroatoms. The summed E-state index contributed by atoms with van der Waals surface area (Å²) in [6.45, 7) is 2.03. The van der Waals surface area contributed by atoms with Gasteiger partial charge in [-0.3, -0.25) is 4.79 Å². The van der Waals surface area contributed by atoms with Crippen LogP contribution in [0.2, 0.25) is 0 Å². The van der Waals surface area contributed by atoms with E-state index < -0.39 is 0 Å². The average Bonchev–Trinajstić information content (AvgIpc) is 3.07. The summed E-state index contributed by atoms with van der Waals surface area (Å²) in [5.74, 6) is -0.762. The van der Waals surface area contributed by atoms with E-state index in [1.54, 1.807) is 26.1 Å². The van der Waals surface area contributed by atoms with Crippen LogP contribution in [0.1, 0.15) is 33.6 Å². The molecule has 0 saturated carbocycles. The van der Waals surface area contributed by atoms with Crippen LogP contribution in [-0.2, 0) is 6.42 Å². The fourth-order valence-corrected chi connectivity index (χ4v) is 2.81. The van der Waals surface area contributed by atoms with Crippen molar-refractivity contribution in [2.75, 3.05) is 13.6 Å². The summed E-state index contributed by atoms with van der Waals surface area (Å²) in [5.41, 5.74) is 2.42. The van der Waals surface area contributed by atoms with Gasteiger partial charge in [0.2, 0.25) is 5.88 Å². The standard InChI is InChI=1S/C19H18FN5O2/c1-12-15(10-13-4-6-14(20)7-5-13)19(27)25-17(23-12)16(11-22-25)18(26)24(2)9-3-8-21/h4-7,11,27H,3,9-10H2,1-2H3. The number of hydrogen-bond acceptors (Lipinski definition) is 5. The van der Waals surface area contributed by atoms with Crippen molar-refractivity contribution >= 4 is 11.6 Å². The van der Waals surface area contributed by atoms with Crippen molar-refractivity contribution in [3.05, 3.63) is 58.7 Å². The first-order valence-electron chi connectivity index (χ1n) is 8.35. The fraction of sp³-hybridized carbons (Fsp3) is 0.263. The van der Waals surface area contributed by atoms with Gasteiger partial charge in [-0.2, -0.15) is 14.9 Å². The minimum Gasteiger partial charge on any atom is -0.493 e. The maximum absolute atomic E-state index is 13.1. The number of benzene rings is 1. The highest BCUT2D eigenvalue weighted by atomic mass is 19.1. The van der Waals surface area contributed by atoms with E-state index in [0.29, 0.717) is 24.2 Å². The Hall–Kier alpha value is -3.47. The van der Waals surface area contributed by atoms with Crippen molar-refractivity contribution < 1.29 is 14.3 Å². The Morgan fingerprint density at radius 2 is 2.07 bits per heavy atom. The van der Waals surface area contributed by atoms with Crippen LogP contribution >= 0.6 is 0 Å². The Balaban J connectivity index is 1.98. The molecule has 0 atom stereocenters.